The quantitative estimate of drug-likeness (QED) is 0.355. The van der Waals surface area contributed by atoms with Crippen molar-refractivity contribution < 1.29 is 23.1 Å². The highest BCUT2D eigenvalue weighted by Crippen LogP contribution is 2.46. The summed E-state index contributed by atoms with van der Waals surface area (Å²) in [7, 11) is 0. The molecule has 10 nitrogen and oxygen atoms in total. The van der Waals surface area contributed by atoms with Crippen LogP contribution in [0.15, 0.2) is 42.7 Å². The first kappa shape index (κ1) is 23.7. The zero-order valence-corrected chi connectivity index (χ0v) is 19.2. The van der Waals surface area contributed by atoms with Crippen molar-refractivity contribution in [1.82, 2.24) is 29.8 Å². The SMILES string of the molecule is Cc1ccc(-c2nnn([C@H]3C[C@@H](C(F)(F)F)C3)n2)cc1NC(=O)c1cnn2ccc(NCCO)cc12. The number of nitrogens with zero attached hydrogens (tertiary/aromatic N) is 6. The van der Waals surface area contributed by atoms with E-state index in [4.69, 9.17) is 5.11 Å². The second-order valence-corrected chi connectivity index (χ2v) is 8.73. The molecule has 188 valence electrons. The van der Waals surface area contributed by atoms with Crippen LogP contribution in [0.25, 0.3) is 16.9 Å². The van der Waals surface area contributed by atoms with Crippen LogP contribution < -0.4 is 10.6 Å². The molecule has 5 rings (SSSR count). The van der Waals surface area contributed by atoms with E-state index < -0.39 is 18.1 Å². The van der Waals surface area contributed by atoms with Crippen LogP contribution in [0.4, 0.5) is 24.5 Å². The van der Waals surface area contributed by atoms with Crippen molar-refractivity contribution in [2.75, 3.05) is 23.8 Å². The van der Waals surface area contributed by atoms with Gasteiger partial charge in [-0.25, -0.2) is 4.52 Å². The van der Waals surface area contributed by atoms with Gasteiger partial charge in [-0.2, -0.15) is 23.1 Å². The Balaban J connectivity index is 1.33. The monoisotopic (exact) mass is 500 g/mol. The first-order chi connectivity index (χ1) is 17.2. The molecule has 13 heteroatoms. The normalized spacial score (nSPS) is 17.7. The van der Waals surface area contributed by atoms with Gasteiger partial charge in [-0.3, -0.25) is 4.79 Å². The van der Waals surface area contributed by atoms with Gasteiger partial charge in [0.15, 0.2) is 0 Å². The Hall–Kier alpha value is -4.00. The Morgan fingerprint density at radius 2 is 2.03 bits per heavy atom. The largest absolute Gasteiger partial charge is 0.395 e. The van der Waals surface area contributed by atoms with E-state index >= 15 is 0 Å². The van der Waals surface area contributed by atoms with Gasteiger partial charge in [-0.05, 0) is 48.7 Å². The fraction of sp³-hybridized carbons (Fsp3) is 0.348. The zero-order chi connectivity index (χ0) is 25.4. The number of rotatable bonds is 7. The zero-order valence-electron chi connectivity index (χ0n) is 19.2. The molecule has 1 fully saturated rings. The van der Waals surface area contributed by atoms with Crippen LogP contribution in [0.5, 0.6) is 0 Å². The fourth-order valence-corrected chi connectivity index (χ4v) is 4.09. The number of hydrogen-bond acceptors (Lipinski definition) is 7. The van der Waals surface area contributed by atoms with Crippen molar-refractivity contribution in [3.63, 3.8) is 0 Å². The van der Waals surface area contributed by atoms with Gasteiger partial charge in [0.1, 0.15) is 0 Å². The van der Waals surface area contributed by atoms with Crippen LogP contribution in [0.3, 0.4) is 0 Å². The summed E-state index contributed by atoms with van der Waals surface area (Å²) in [6.45, 7) is 2.19. The molecule has 3 aromatic heterocycles. The lowest BCUT2D eigenvalue weighted by atomic mass is 9.80. The van der Waals surface area contributed by atoms with Gasteiger partial charge in [-0.1, -0.05) is 12.1 Å². The maximum atomic E-state index is 13.1. The molecule has 1 amide bonds. The van der Waals surface area contributed by atoms with Crippen LogP contribution in [-0.4, -0.2) is 60.2 Å². The Bertz CT molecular complexity index is 1410. The van der Waals surface area contributed by atoms with Crippen LogP contribution in [0.2, 0.25) is 0 Å². The van der Waals surface area contributed by atoms with E-state index in [0.29, 0.717) is 28.9 Å². The summed E-state index contributed by atoms with van der Waals surface area (Å²) in [5.74, 6) is -1.44. The highest BCUT2D eigenvalue weighted by atomic mass is 19.4. The number of aliphatic hydroxyl groups is 1. The molecule has 0 saturated heterocycles. The van der Waals surface area contributed by atoms with Crippen LogP contribution in [0, 0.1) is 12.8 Å². The van der Waals surface area contributed by atoms with Crippen molar-refractivity contribution in [2.45, 2.75) is 32.0 Å². The molecule has 3 heterocycles. The smallest absolute Gasteiger partial charge is 0.391 e. The lowest BCUT2D eigenvalue weighted by Gasteiger charge is -2.35. The number of alkyl halides is 3. The number of amides is 1. The van der Waals surface area contributed by atoms with Crippen LogP contribution in [0.1, 0.15) is 34.8 Å². The topological polar surface area (TPSA) is 122 Å². The van der Waals surface area contributed by atoms with E-state index in [1.54, 1.807) is 41.0 Å². The van der Waals surface area contributed by atoms with Gasteiger partial charge in [0.25, 0.3) is 5.91 Å². The predicted molar refractivity (Wildman–Crippen MR) is 125 cm³/mol. The van der Waals surface area contributed by atoms with Gasteiger partial charge in [0, 0.05) is 29.7 Å². The molecule has 0 aliphatic heterocycles. The average molecular weight is 500 g/mol. The summed E-state index contributed by atoms with van der Waals surface area (Å²) in [4.78, 5) is 14.3. The Kier molecular flexibility index (Phi) is 6.08. The molecular formula is C23H23F3N8O2. The molecule has 1 aromatic carbocycles. The van der Waals surface area contributed by atoms with Crippen molar-refractivity contribution in [2.24, 2.45) is 5.92 Å². The highest BCUT2D eigenvalue weighted by Gasteiger charge is 2.49. The Labute approximate surface area is 203 Å². The van der Waals surface area contributed by atoms with Crippen molar-refractivity contribution in [1.29, 1.82) is 0 Å². The third kappa shape index (κ3) is 4.61. The van der Waals surface area contributed by atoms with E-state index in [1.165, 1.54) is 11.0 Å². The lowest BCUT2D eigenvalue weighted by Crippen LogP contribution is -2.37. The van der Waals surface area contributed by atoms with Gasteiger partial charge in [0.2, 0.25) is 5.82 Å². The summed E-state index contributed by atoms with van der Waals surface area (Å²) in [6.07, 6.45) is -1.15. The third-order valence-corrected chi connectivity index (χ3v) is 6.28. The summed E-state index contributed by atoms with van der Waals surface area (Å²) in [5, 5.41) is 31.4. The minimum atomic E-state index is -4.21. The number of carbonyl (C=O) groups is 1. The number of anilines is 2. The Morgan fingerprint density at radius 1 is 1.22 bits per heavy atom. The summed E-state index contributed by atoms with van der Waals surface area (Å²) >= 11 is 0. The van der Waals surface area contributed by atoms with Crippen molar-refractivity contribution in [3.8, 4) is 11.4 Å². The fourth-order valence-electron chi connectivity index (χ4n) is 4.09. The molecule has 1 saturated carbocycles. The minimum absolute atomic E-state index is 0.0231. The van der Waals surface area contributed by atoms with Crippen molar-refractivity contribution in [3.05, 3.63) is 53.9 Å². The van der Waals surface area contributed by atoms with Gasteiger partial charge < -0.3 is 15.7 Å². The minimum Gasteiger partial charge on any atom is -0.395 e. The van der Waals surface area contributed by atoms with Gasteiger partial charge >= 0.3 is 6.18 Å². The maximum absolute atomic E-state index is 13.1. The second-order valence-electron chi connectivity index (χ2n) is 8.73. The van der Waals surface area contributed by atoms with Crippen LogP contribution >= 0.6 is 0 Å². The van der Waals surface area contributed by atoms with Gasteiger partial charge in [-0.15, -0.1) is 10.2 Å². The van der Waals surface area contributed by atoms with E-state index in [1.807, 2.05) is 6.92 Å². The average Bonchev–Trinajstić information content (AvgIpc) is 3.44. The molecule has 1 aliphatic carbocycles. The number of aryl methyl sites for hydroxylation is 1. The predicted octanol–water partition coefficient (Wildman–Crippen LogP) is 3.47. The molecule has 0 radical (unpaired) electrons. The molecule has 0 unspecified atom stereocenters. The molecule has 1 aliphatic rings. The number of aromatic nitrogens is 6. The number of tetrazole rings is 1. The number of hydrogen-bond donors (Lipinski definition) is 3. The lowest BCUT2D eigenvalue weighted by molar-refractivity contribution is -0.203. The van der Waals surface area contributed by atoms with E-state index in [9.17, 15) is 18.0 Å². The number of carbonyl (C=O) groups excluding carboxylic acids is 1. The maximum Gasteiger partial charge on any atom is 0.391 e. The number of pyridine rings is 1. The summed E-state index contributed by atoms with van der Waals surface area (Å²) in [6, 6.07) is 8.38. The number of benzene rings is 1. The van der Waals surface area contributed by atoms with Crippen molar-refractivity contribution >= 4 is 22.8 Å². The number of halogens is 3. The van der Waals surface area contributed by atoms with Crippen LogP contribution in [-0.2, 0) is 0 Å². The Morgan fingerprint density at radius 3 is 2.78 bits per heavy atom. The standard InChI is InChI=1S/C23H23F3N8O2/c1-13-2-3-14(21-30-32-34(31-21)17-9-15(10-17)23(24,25)26)8-19(13)29-22(36)18-12-28-33-6-4-16(11-20(18)33)27-5-7-35/h2-4,6,8,11-12,15,17,27,35H,5,7,9-10H2,1H3,(H,29,36)/t15-,17+. The summed E-state index contributed by atoms with van der Waals surface area (Å²) in [5.41, 5.74) is 3.60. The third-order valence-electron chi connectivity index (χ3n) is 6.28. The summed E-state index contributed by atoms with van der Waals surface area (Å²) < 4.78 is 39.9. The molecule has 0 bridgehead atoms. The molecule has 0 spiro atoms. The molecule has 4 aromatic rings. The van der Waals surface area contributed by atoms with E-state index in [-0.39, 0.29) is 31.2 Å². The van der Waals surface area contributed by atoms with Gasteiger partial charge in [0.05, 0.1) is 35.8 Å². The number of aliphatic hydroxyl groups excluding tert-OH is 1. The van der Waals surface area contributed by atoms with E-state index in [0.717, 1.165) is 11.3 Å². The number of nitrogens with one attached hydrogen (secondary N) is 2. The first-order valence-electron chi connectivity index (χ1n) is 11.3. The molecular weight excluding hydrogens is 477 g/mol. The van der Waals surface area contributed by atoms with E-state index in [2.05, 4.69) is 31.1 Å². The number of fused-ring (bicyclic) bond motifs is 1. The molecule has 3 N–H and O–H groups in total. The molecule has 36 heavy (non-hydrogen) atoms. The first-order valence-corrected chi connectivity index (χ1v) is 11.3. The molecule has 0 atom stereocenters. The highest BCUT2D eigenvalue weighted by molar-refractivity contribution is 6.09. The second kappa shape index (κ2) is 9.22.